The van der Waals surface area contributed by atoms with E-state index < -0.39 is 0 Å². The van der Waals surface area contributed by atoms with Gasteiger partial charge in [0.05, 0.1) is 0 Å². The molecule has 1 aromatic rings. The fraction of sp³-hybridized carbons (Fsp3) is 0.562. The van der Waals surface area contributed by atoms with Gasteiger partial charge in [0.25, 0.3) is 5.91 Å². The van der Waals surface area contributed by atoms with Gasteiger partial charge in [0.15, 0.2) is 0 Å². The lowest BCUT2D eigenvalue weighted by molar-refractivity contribution is 0.0754. The smallest absolute Gasteiger partial charge is 0.253 e. The van der Waals surface area contributed by atoms with Gasteiger partial charge in [0.1, 0.15) is 0 Å². The van der Waals surface area contributed by atoms with E-state index in [1.54, 1.807) is 6.07 Å². The Labute approximate surface area is 128 Å². The Bertz CT molecular complexity index is 511. The standard InChI is InChI=1S/C16H21BrN2O/c1-19(9-13-5-10-2-3-11(13)4-10)16(20)12-6-14(17)8-15(18)7-12/h6-8,10-11,13H,2-5,9,18H2,1H3. The molecule has 0 radical (unpaired) electrons. The van der Waals surface area contributed by atoms with Crippen LogP contribution < -0.4 is 5.73 Å². The molecule has 0 spiro atoms. The molecular weight excluding hydrogens is 316 g/mol. The Morgan fingerprint density at radius 3 is 2.75 bits per heavy atom. The van der Waals surface area contributed by atoms with Gasteiger partial charge >= 0.3 is 0 Å². The summed E-state index contributed by atoms with van der Waals surface area (Å²) in [7, 11) is 1.91. The zero-order valence-corrected chi connectivity index (χ0v) is 13.4. The Kier molecular flexibility index (Phi) is 3.76. The Balaban J connectivity index is 1.67. The van der Waals surface area contributed by atoms with Crippen molar-refractivity contribution in [2.45, 2.75) is 25.7 Å². The molecule has 1 amide bonds. The maximum atomic E-state index is 12.5. The number of fused-ring (bicyclic) bond motifs is 2. The van der Waals surface area contributed by atoms with Gasteiger partial charge in [0, 0.05) is 29.3 Å². The van der Waals surface area contributed by atoms with Crippen molar-refractivity contribution >= 4 is 27.5 Å². The maximum Gasteiger partial charge on any atom is 0.253 e. The lowest BCUT2D eigenvalue weighted by atomic mass is 9.88. The SMILES string of the molecule is CN(CC1CC2CCC1C2)C(=O)c1cc(N)cc(Br)c1. The van der Waals surface area contributed by atoms with E-state index in [1.165, 1.54) is 25.7 Å². The fourth-order valence-electron chi connectivity index (χ4n) is 3.99. The largest absolute Gasteiger partial charge is 0.399 e. The number of nitrogen functional groups attached to an aromatic ring is 1. The molecule has 2 saturated carbocycles. The number of nitrogens with zero attached hydrogens (tertiary/aromatic N) is 1. The molecule has 3 rings (SSSR count). The highest BCUT2D eigenvalue weighted by atomic mass is 79.9. The summed E-state index contributed by atoms with van der Waals surface area (Å²) in [6.07, 6.45) is 5.46. The average molecular weight is 337 g/mol. The number of amides is 1. The molecule has 0 heterocycles. The van der Waals surface area contributed by atoms with Crippen molar-refractivity contribution in [2.75, 3.05) is 19.3 Å². The van der Waals surface area contributed by atoms with Crippen LogP contribution in [0.15, 0.2) is 22.7 Å². The number of carbonyl (C=O) groups excluding carboxylic acids is 1. The van der Waals surface area contributed by atoms with E-state index in [1.807, 2.05) is 24.1 Å². The topological polar surface area (TPSA) is 46.3 Å². The zero-order chi connectivity index (χ0) is 14.3. The van der Waals surface area contributed by atoms with E-state index in [2.05, 4.69) is 15.9 Å². The molecular formula is C16H21BrN2O. The molecule has 2 aliphatic carbocycles. The van der Waals surface area contributed by atoms with E-state index >= 15 is 0 Å². The summed E-state index contributed by atoms with van der Waals surface area (Å²) in [6, 6.07) is 5.41. The first-order valence-corrected chi connectivity index (χ1v) is 8.13. The third kappa shape index (κ3) is 2.71. The summed E-state index contributed by atoms with van der Waals surface area (Å²) in [6.45, 7) is 0.881. The van der Waals surface area contributed by atoms with Crippen molar-refractivity contribution in [3.8, 4) is 0 Å². The summed E-state index contributed by atoms with van der Waals surface area (Å²) in [5.74, 6) is 2.55. The van der Waals surface area contributed by atoms with Crippen molar-refractivity contribution in [1.29, 1.82) is 0 Å². The van der Waals surface area contributed by atoms with Crippen LogP contribution in [0.4, 0.5) is 5.69 Å². The molecule has 3 nitrogen and oxygen atoms in total. The van der Waals surface area contributed by atoms with Gasteiger partial charge in [-0.3, -0.25) is 4.79 Å². The quantitative estimate of drug-likeness (QED) is 0.858. The molecule has 0 aromatic heterocycles. The Morgan fingerprint density at radius 1 is 1.35 bits per heavy atom. The lowest BCUT2D eigenvalue weighted by Crippen LogP contribution is -2.33. The van der Waals surface area contributed by atoms with Gasteiger partial charge < -0.3 is 10.6 Å². The highest BCUT2D eigenvalue weighted by Gasteiger charge is 2.40. The first-order chi connectivity index (χ1) is 9.52. The van der Waals surface area contributed by atoms with E-state index in [0.29, 0.717) is 17.2 Å². The Morgan fingerprint density at radius 2 is 2.15 bits per heavy atom. The van der Waals surface area contributed by atoms with Gasteiger partial charge in [0.2, 0.25) is 0 Å². The van der Waals surface area contributed by atoms with Crippen LogP contribution in [0.1, 0.15) is 36.0 Å². The second kappa shape index (κ2) is 5.40. The number of hydrogen-bond acceptors (Lipinski definition) is 2. The first-order valence-electron chi connectivity index (χ1n) is 7.34. The highest BCUT2D eigenvalue weighted by Crippen LogP contribution is 2.48. The number of hydrogen-bond donors (Lipinski definition) is 1. The zero-order valence-electron chi connectivity index (χ0n) is 11.8. The van der Waals surface area contributed by atoms with Gasteiger partial charge in [-0.15, -0.1) is 0 Å². The molecule has 108 valence electrons. The molecule has 20 heavy (non-hydrogen) atoms. The summed E-state index contributed by atoms with van der Waals surface area (Å²) in [5, 5.41) is 0. The van der Waals surface area contributed by atoms with Crippen molar-refractivity contribution in [3.05, 3.63) is 28.2 Å². The van der Waals surface area contributed by atoms with Crippen LogP contribution in [0.3, 0.4) is 0 Å². The van der Waals surface area contributed by atoms with Crippen molar-refractivity contribution in [1.82, 2.24) is 4.90 Å². The molecule has 0 saturated heterocycles. The van der Waals surface area contributed by atoms with Crippen LogP contribution in [0.25, 0.3) is 0 Å². The summed E-state index contributed by atoms with van der Waals surface area (Å²) in [4.78, 5) is 14.4. The van der Waals surface area contributed by atoms with Crippen LogP contribution >= 0.6 is 15.9 Å². The second-order valence-electron chi connectivity index (χ2n) is 6.39. The number of benzene rings is 1. The van der Waals surface area contributed by atoms with Crippen LogP contribution in [0.5, 0.6) is 0 Å². The maximum absolute atomic E-state index is 12.5. The number of anilines is 1. The highest BCUT2D eigenvalue weighted by molar-refractivity contribution is 9.10. The third-order valence-corrected chi connectivity index (χ3v) is 5.36. The van der Waals surface area contributed by atoms with E-state index in [-0.39, 0.29) is 5.91 Å². The normalized spacial score (nSPS) is 27.8. The van der Waals surface area contributed by atoms with E-state index in [0.717, 1.165) is 22.9 Å². The molecule has 1 aromatic carbocycles. The molecule has 2 bridgehead atoms. The average Bonchev–Trinajstić information content (AvgIpc) is 2.98. The Hall–Kier alpha value is -1.03. The van der Waals surface area contributed by atoms with Crippen molar-refractivity contribution in [3.63, 3.8) is 0 Å². The first kappa shape index (κ1) is 13.9. The summed E-state index contributed by atoms with van der Waals surface area (Å²) >= 11 is 3.39. The van der Waals surface area contributed by atoms with Gasteiger partial charge in [-0.05, 0) is 55.2 Å². The molecule has 4 heteroatoms. The summed E-state index contributed by atoms with van der Waals surface area (Å²) < 4.78 is 0.856. The molecule has 2 fully saturated rings. The van der Waals surface area contributed by atoms with Crippen LogP contribution in [-0.4, -0.2) is 24.4 Å². The van der Waals surface area contributed by atoms with Crippen molar-refractivity contribution in [2.24, 2.45) is 17.8 Å². The van der Waals surface area contributed by atoms with Crippen LogP contribution in [-0.2, 0) is 0 Å². The molecule has 2 aliphatic rings. The summed E-state index contributed by atoms with van der Waals surface area (Å²) in [5.41, 5.74) is 7.10. The fourth-order valence-corrected chi connectivity index (χ4v) is 4.50. The van der Waals surface area contributed by atoms with Crippen LogP contribution in [0, 0.1) is 17.8 Å². The number of halogens is 1. The number of nitrogens with two attached hydrogens (primary N) is 1. The van der Waals surface area contributed by atoms with E-state index in [9.17, 15) is 4.79 Å². The molecule has 3 atom stereocenters. The second-order valence-corrected chi connectivity index (χ2v) is 7.31. The number of carbonyl (C=O) groups is 1. The molecule has 3 unspecified atom stereocenters. The number of rotatable bonds is 3. The molecule has 0 aliphatic heterocycles. The van der Waals surface area contributed by atoms with E-state index in [4.69, 9.17) is 5.73 Å². The van der Waals surface area contributed by atoms with Gasteiger partial charge in [-0.1, -0.05) is 22.4 Å². The lowest BCUT2D eigenvalue weighted by Gasteiger charge is -2.27. The minimum absolute atomic E-state index is 0.0702. The van der Waals surface area contributed by atoms with Gasteiger partial charge in [-0.25, -0.2) is 0 Å². The predicted molar refractivity (Wildman–Crippen MR) is 84.5 cm³/mol. The minimum Gasteiger partial charge on any atom is -0.399 e. The van der Waals surface area contributed by atoms with Crippen molar-refractivity contribution < 1.29 is 4.79 Å². The molecule has 2 N–H and O–H groups in total. The third-order valence-electron chi connectivity index (χ3n) is 4.91. The minimum atomic E-state index is 0.0702. The monoisotopic (exact) mass is 336 g/mol. The van der Waals surface area contributed by atoms with Gasteiger partial charge in [-0.2, -0.15) is 0 Å². The van der Waals surface area contributed by atoms with Crippen LogP contribution in [0.2, 0.25) is 0 Å². The predicted octanol–water partition coefficient (Wildman–Crippen LogP) is 3.54.